The van der Waals surface area contributed by atoms with E-state index < -0.39 is 0 Å². The van der Waals surface area contributed by atoms with Crippen LogP contribution in [0.3, 0.4) is 0 Å². The normalized spacial score (nSPS) is 23.4. The molecule has 2 atom stereocenters. The Hall–Kier alpha value is -0.120. The Balaban J connectivity index is 2.27. The van der Waals surface area contributed by atoms with Gasteiger partial charge in [-0.05, 0) is 26.8 Å². The van der Waals surface area contributed by atoms with E-state index in [9.17, 15) is 0 Å². The second-order valence-corrected chi connectivity index (χ2v) is 4.26. The summed E-state index contributed by atoms with van der Waals surface area (Å²) in [5, 5.41) is 6.77. The van der Waals surface area contributed by atoms with E-state index in [2.05, 4.69) is 36.4 Å². The summed E-state index contributed by atoms with van der Waals surface area (Å²) in [6.45, 7) is 9.33. The van der Waals surface area contributed by atoms with Crippen molar-refractivity contribution in [2.45, 2.75) is 38.8 Å². The second kappa shape index (κ2) is 6.38. The molecule has 1 aliphatic rings. The Labute approximate surface area is 88.2 Å². The molecule has 0 amide bonds. The fraction of sp³-hybridized carbons (Fsp3) is 1.00. The summed E-state index contributed by atoms with van der Waals surface area (Å²) in [6, 6.07) is 1.40. The zero-order valence-corrected chi connectivity index (χ0v) is 9.84. The Bertz CT molecular complexity index is 139. The van der Waals surface area contributed by atoms with Gasteiger partial charge in [-0.2, -0.15) is 0 Å². The average Bonchev–Trinajstić information content (AvgIpc) is 2.26. The lowest BCUT2D eigenvalue weighted by Crippen LogP contribution is -2.49. The highest BCUT2D eigenvalue weighted by atomic mass is 15.2. The maximum Gasteiger partial charge on any atom is 0.0110 e. The zero-order valence-electron chi connectivity index (χ0n) is 9.84. The summed E-state index contributed by atoms with van der Waals surface area (Å²) < 4.78 is 0. The van der Waals surface area contributed by atoms with Crippen molar-refractivity contribution in [3.8, 4) is 0 Å². The van der Waals surface area contributed by atoms with Crippen LogP contribution in [-0.2, 0) is 0 Å². The average molecular weight is 199 g/mol. The van der Waals surface area contributed by atoms with Crippen molar-refractivity contribution in [2.75, 3.05) is 33.2 Å². The molecule has 0 aromatic carbocycles. The molecule has 0 aliphatic carbocycles. The zero-order chi connectivity index (χ0) is 10.4. The van der Waals surface area contributed by atoms with E-state index in [4.69, 9.17) is 0 Å². The number of hydrogen-bond donors (Lipinski definition) is 2. The van der Waals surface area contributed by atoms with Crippen LogP contribution in [0.4, 0.5) is 0 Å². The summed E-state index contributed by atoms with van der Waals surface area (Å²) in [5.74, 6) is 0. The molecule has 0 saturated carbocycles. The maximum absolute atomic E-state index is 3.39. The molecule has 1 rings (SSSR count). The Morgan fingerprint density at radius 3 is 2.50 bits per heavy atom. The molecule has 3 nitrogen and oxygen atoms in total. The van der Waals surface area contributed by atoms with E-state index in [1.807, 2.05) is 0 Å². The van der Waals surface area contributed by atoms with E-state index >= 15 is 0 Å². The molecule has 0 radical (unpaired) electrons. The highest BCUT2D eigenvalue weighted by Crippen LogP contribution is 2.09. The van der Waals surface area contributed by atoms with E-state index in [0.29, 0.717) is 6.04 Å². The van der Waals surface area contributed by atoms with Crippen molar-refractivity contribution in [3.05, 3.63) is 0 Å². The lowest BCUT2D eigenvalue weighted by molar-refractivity contribution is 0.166. The summed E-state index contributed by atoms with van der Waals surface area (Å²) >= 11 is 0. The summed E-state index contributed by atoms with van der Waals surface area (Å²) in [6.07, 6.45) is 2.50. The molecule has 0 aromatic heterocycles. The van der Waals surface area contributed by atoms with E-state index in [-0.39, 0.29) is 0 Å². The van der Waals surface area contributed by atoms with Gasteiger partial charge in [-0.25, -0.2) is 0 Å². The van der Waals surface area contributed by atoms with Gasteiger partial charge in [-0.3, -0.25) is 4.90 Å². The van der Waals surface area contributed by atoms with Crippen LogP contribution < -0.4 is 10.6 Å². The molecule has 2 unspecified atom stereocenters. The van der Waals surface area contributed by atoms with Crippen LogP contribution in [0.25, 0.3) is 0 Å². The minimum Gasteiger partial charge on any atom is -0.317 e. The molecule has 1 fully saturated rings. The first-order chi connectivity index (χ1) is 6.77. The van der Waals surface area contributed by atoms with Crippen LogP contribution in [-0.4, -0.2) is 50.2 Å². The van der Waals surface area contributed by atoms with E-state index in [1.165, 1.54) is 25.9 Å². The number of nitrogens with zero attached hydrogens (tertiary/aromatic N) is 1. The molecule has 3 heteroatoms. The molecule has 0 aromatic rings. The molecule has 0 bridgehead atoms. The minimum atomic E-state index is 0.680. The molecule has 84 valence electrons. The van der Waals surface area contributed by atoms with Gasteiger partial charge in [0.1, 0.15) is 0 Å². The first-order valence-electron chi connectivity index (χ1n) is 5.90. The fourth-order valence-electron chi connectivity index (χ4n) is 2.17. The number of rotatable bonds is 5. The number of hydrogen-bond acceptors (Lipinski definition) is 3. The molecule has 1 heterocycles. The van der Waals surface area contributed by atoms with Crippen molar-refractivity contribution in [1.29, 1.82) is 0 Å². The van der Waals surface area contributed by atoms with Crippen molar-refractivity contribution in [1.82, 2.24) is 15.5 Å². The van der Waals surface area contributed by atoms with Crippen LogP contribution in [0, 0.1) is 0 Å². The number of piperazine rings is 1. The molecule has 14 heavy (non-hydrogen) atoms. The maximum atomic E-state index is 3.39. The van der Waals surface area contributed by atoms with Gasteiger partial charge in [0.2, 0.25) is 0 Å². The van der Waals surface area contributed by atoms with Crippen molar-refractivity contribution in [2.24, 2.45) is 0 Å². The van der Waals surface area contributed by atoms with Crippen molar-refractivity contribution < 1.29 is 0 Å². The molecular weight excluding hydrogens is 174 g/mol. The third kappa shape index (κ3) is 3.56. The van der Waals surface area contributed by atoms with Crippen LogP contribution in [0.2, 0.25) is 0 Å². The third-order valence-electron chi connectivity index (χ3n) is 3.30. The van der Waals surface area contributed by atoms with Gasteiger partial charge in [-0.1, -0.05) is 6.92 Å². The molecule has 0 spiro atoms. The topological polar surface area (TPSA) is 27.3 Å². The van der Waals surface area contributed by atoms with Gasteiger partial charge in [0, 0.05) is 38.3 Å². The minimum absolute atomic E-state index is 0.680. The highest BCUT2D eigenvalue weighted by molar-refractivity contribution is 4.77. The van der Waals surface area contributed by atoms with Gasteiger partial charge in [0.25, 0.3) is 0 Å². The molecule has 1 saturated heterocycles. The van der Waals surface area contributed by atoms with E-state index in [0.717, 1.165) is 19.1 Å². The van der Waals surface area contributed by atoms with Gasteiger partial charge < -0.3 is 10.6 Å². The van der Waals surface area contributed by atoms with Crippen molar-refractivity contribution >= 4 is 0 Å². The summed E-state index contributed by atoms with van der Waals surface area (Å²) in [5.41, 5.74) is 0. The lowest BCUT2D eigenvalue weighted by Gasteiger charge is -2.34. The quantitative estimate of drug-likeness (QED) is 0.681. The lowest BCUT2D eigenvalue weighted by atomic mass is 10.0. The monoisotopic (exact) mass is 199 g/mol. The van der Waals surface area contributed by atoms with Crippen molar-refractivity contribution in [3.63, 3.8) is 0 Å². The SMILES string of the molecule is CCC(CC(C)N1CCNCC1)NC. The number of nitrogens with one attached hydrogen (secondary N) is 2. The molecular formula is C11H25N3. The van der Waals surface area contributed by atoms with Gasteiger partial charge in [0.05, 0.1) is 0 Å². The summed E-state index contributed by atoms with van der Waals surface area (Å²) in [4.78, 5) is 2.59. The predicted octanol–water partition coefficient (Wildman–Crippen LogP) is 0.668. The van der Waals surface area contributed by atoms with Crippen LogP contribution in [0.15, 0.2) is 0 Å². The first-order valence-corrected chi connectivity index (χ1v) is 5.90. The second-order valence-electron chi connectivity index (χ2n) is 4.26. The van der Waals surface area contributed by atoms with Crippen LogP contribution >= 0.6 is 0 Å². The van der Waals surface area contributed by atoms with Gasteiger partial charge in [-0.15, -0.1) is 0 Å². The summed E-state index contributed by atoms with van der Waals surface area (Å²) in [7, 11) is 2.07. The molecule has 1 aliphatic heterocycles. The largest absolute Gasteiger partial charge is 0.317 e. The standard InChI is InChI=1S/C11H25N3/c1-4-11(12-3)9-10(2)14-7-5-13-6-8-14/h10-13H,4-9H2,1-3H3. The van der Waals surface area contributed by atoms with Gasteiger partial charge in [0.15, 0.2) is 0 Å². The van der Waals surface area contributed by atoms with Crippen LogP contribution in [0.1, 0.15) is 26.7 Å². The molecule has 2 N–H and O–H groups in total. The highest BCUT2D eigenvalue weighted by Gasteiger charge is 2.18. The smallest absolute Gasteiger partial charge is 0.0110 e. The van der Waals surface area contributed by atoms with Crippen LogP contribution in [0.5, 0.6) is 0 Å². The Kier molecular flexibility index (Phi) is 5.45. The predicted molar refractivity (Wildman–Crippen MR) is 61.7 cm³/mol. The van der Waals surface area contributed by atoms with E-state index in [1.54, 1.807) is 0 Å². The van der Waals surface area contributed by atoms with Gasteiger partial charge >= 0.3 is 0 Å². The first kappa shape index (κ1) is 12.0. The third-order valence-corrected chi connectivity index (χ3v) is 3.30. The Morgan fingerprint density at radius 1 is 1.36 bits per heavy atom. The Morgan fingerprint density at radius 2 is 2.00 bits per heavy atom. The fourth-order valence-corrected chi connectivity index (χ4v) is 2.17.